The summed E-state index contributed by atoms with van der Waals surface area (Å²) in [6.45, 7) is 2.06. The average molecular weight is 497 g/mol. The van der Waals surface area contributed by atoms with Crippen molar-refractivity contribution in [1.82, 2.24) is 10.6 Å². The molecule has 0 aromatic heterocycles. The average Bonchev–Trinajstić information content (AvgIpc) is 3.16. The molecule has 1 fully saturated rings. The second kappa shape index (κ2) is 11.2. The number of thioether (sulfide) groups is 1. The zero-order chi connectivity index (χ0) is 24.8. The number of rotatable bonds is 9. The van der Waals surface area contributed by atoms with Crippen LogP contribution in [0.1, 0.15) is 56.1 Å². The number of aliphatic carboxylic acids is 1. The van der Waals surface area contributed by atoms with Crippen molar-refractivity contribution in [2.24, 2.45) is 0 Å². The first kappa shape index (κ1) is 25.1. The molecule has 1 atom stereocenters. The molecule has 0 unspecified atom stereocenters. The lowest BCUT2D eigenvalue weighted by Crippen LogP contribution is -2.54. The van der Waals surface area contributed by atoms with Gasteiger partial charge in [-0.1, -0.05) is 55.5 Å². The lowest BCUT2D eigenvalue weighted by atomic mass is 9.88. The number of benzene rings is 2. The molecule has 2 amide bonds. The highest BCUT2D eigenvalue weighted by molar-refractivity contribution is 7.99. The van der Waals surface area contributed by atoms with Gasteiger partial charge in [-0.3, -0.25) is 9.59 Å². The fourth-order valence-corrected chi connectivity index (χ4v) is 6.33. The van der Waals surface area contributed by atoms with Gasteiger partial charge in [0.25, 0.3) is 0 Å². The second-order valence-corrected chi connectivity index (χ2v) is 10.5. The first-order chi connectivity index (χ1) is 16.9. The van der Waals surface area contributed by atoms with Gasteiger partial charge >= 0.3 is 12.1 Å². The molecule has 35 heavy (non-hydrogen) atoms. The van der Waals surface area contributed by atoms with E-state index in [9.17, 15) is 14.4 Å². The summed E-state index contributed by atoms with van der Waals surface area (Å²) in [5, 5.41) is 14.9. The van der Waals surface area contributed by atoms with Crippen LogP contribution in [-0.4, -0.2) is 52.8 Å². The van der Waals surface area contributed by atoms with E-state index in [2.05, 4.69) is 34.9 Å². The van der Waals surface area contributed by atoms with Crippen LogP contribution in [0.2, 0.25) is 0 Å². The van der Waals surface area contributed by atoms with Gasteiger partial charge in [0.1, 0.15) is 6.61 Å². The summed E-state index contributed by atoms with van der Waals surface area (Å²) in [7, 11) is 0. The molecule has 186 valence electrons. The van der Waals surface area contributed by atoms with Crippen LogP contribution < -0.4 is 10.6 Å². The van der Waals surface area contributed by atoms with Gasteiger partial charge in [0.15, 0.2) is 0 Å². The molecule has 3 N–H and O–H groups in total. The third-order valence-electron chi connectivity index (χ3n) is 6.94. The van der Waals surface area contributed by atoms with E-state index in [0.717, 1.165) is 22.6 Å². The summed E-state index contributed by atoms with van der Waals surface area (Å²) in [6.07, 6.45) is 1.30. The van der Waals surface area contributed by atoms with Gasteiger partial charge < -0.3 is 20.5 Å². The Bertz CT molecular complexity index is 1040. The van der Waals surface area contributed by atoms with Gasteiger partial charge in [-0.05, 0) is 53.0 Å². The number of carbonyl (C=O) groups is 3. The molecule has 2 aromatic rings. The normalized spacial score (nSPS) is 17.1. The number of carboxylic acids is 1. The van der Waals surface area contributed by atoms with E-state index < -0.39 is 23.6 Å². The maximum atomic E-state index is 13.0. The molecule has 4 rings (SSSR count). The van der Waals surface area contributed by atoms with Crippen LogP contribution in [0.3, 0.4) is 0 Å². The Morgan fingerprint density at radius 1 is 1.06 bits per heavy atom. The van der Waals surface area contributed by atoms with Crippen molar-refractivity contribution in [3.8, 4) is 11.1 Å². The van der Waals surface area contributed by atoms with Crippen molar-refractivity contribution in [3.63, 3.8) is 0 Å². The molecule has 0 saturated carbocycles. The monoisotopic (exact) mass is 496 g/mol. The number of fused-ring (bicyclic) bond motifs is 3. The number of amides is 2. The minimum absolute atomic E-state index is 0.0318. The van der Waals surface area contributed by atoms with Crippen LogP contribution in [0, 0.1) is 0 Å². The smallest absolute Gasteiger partial charge is 0.407 e. The maximum absolute atomic E-state index is 13.0. The summed E-state index contributed by atoms with van der Waals surface area (Å²) in [5.74, 6) is 0.448. The Kier molecular flexibility index (Phi) is 8.00. The standard InChI is InChI=1S/C27H32N2O5S/c1-2-18(15-25(31)32)28-24(30)16-27(11-13-35-14-12-27)29-26(33)34-17-23-21-9-5-3-7-19(21)20-8-4-6-10-22(20)23/h3-10,18,23H,2,11-17H2,1H3,(H,28,30)(H,29,33)(H,31,32)/t18-/m1/s1. The van der Waals surface area contributed by atoms with E-state index in [4.69, 9.17) is 9.84 Å². The molecular weight excluding hydrogens is 464 g/mol. The number of nitrogens with one attached hydrogen (secondary N) is 2. The van der Waals surface area contributed by atoms with E-state index in [-0.39, 0.29) is 31.3 Å². The summed E-state index contributed by atoms with van der Waals surface area (Å²) >= 11 is 1.79. The number of carbonyl (C=O) groups excluding carboxylic acids is 2. The van der Waals surface area contributed by atoms with E-state index in [1.807, 2.05) is 31.2 Å². The highest BCUT2D eigenvalue weighted by Crippen LogP contribution is 2.44. The molecule has 8 heteroatoms. The van der Waals surface area contributed by atoms with Crippen LogP contribution in [-0.2, 0) is 14.3 Å². The molecule has 0 spiro atoms. The molecule has 7 nitrogen and oxygen atoms in total. The van der Waals surface area contributed by atoms with E-state index in [0.29, 0.717) is 19.3 Å². The molecule has 0 radical (unpaired) electrons. The summed E-state index contributed by atoms with van der Waals surface area (Å²) < 4.78 is 5.74. The Balaban J connectivity index is 1.40. The molecule has 1 aliphatic heterocycles. The quantitative estimate of drug-likeness (QED) is 0.470. The van der Waals surface area contributed by atoms with Crippen LogP contribution in [0.25, 0.3) is 11.1 Å². The Hall–Kier alpha value is -3.00. The molecule has 1 heterocycles. The summed E-state index contributed by atoms with van der Waals surface area (Å²) in [6, 6.07) is 15.9. The van der Waals surface area contributed by atoms with Gasteiger partial charge in [-0.2, -0.15) is 11.8 Å². The van der Waals surface area contributed by atoms with Gasteiger partial charge in [0, 0.05) is 18.4 Å². The number of carboxylic acid groups (broad SMARTS) is 1. The third kappa shape index (κ3) is 5.99. The van der Waals surface area contributed by atoms with Crippen molar-refractivity contribution in [3.05, 3.63) is 59.7 Å². The highest BCUT2D eigenvalue weighted by Gasteiger charge is 2.37. The maximum Gasteiger partial charge on any atom is 0.407 e. The zero-order valence-corrected chi connectivity index (χ0v) is 20.7. The predicted molar refractivity (Wildman–Crippen MR) is 137 cm³/mol. The topological polar surface area (TPSA) is 105 Å². The number of alkyl carbamates (subject to hydrolysis) is 1. The SMILES string of the molecule is CC[C@H](CC(=O)O)NC(=O)CC1(NC(=O)OCC2c3ccccc3-c3ccccc32)CCSCC1. The molecule has 1 aliphatic carbocycles. The minimum atomic E-state index is -0.947. The summed E-state index contributed by atoms with van der Waals surface area (Å²) in [4.78, 5) is 36.8. The number of ether oxygens (including phenoxy) is 1. The second-order valence-electron chi connectivity index (χ2n) is 9.29. The van der Waals surface area contributed by atoms with Gasteiger partial charge in [0.2, 0.25) is 5.91 Å². The van der Waals surface area contributed by atoms with E-state index >= 15 is 0 Å². The van der Waals surface area contributed by atoms with Gasteiger partial charge in [-0.15, -0.1) is 0 Å². The van der Waals surface area contributed by atoms with E-state index in [1.54, 1.807) is 11.8 Å². The van der Waals surface area contributed by atoms with Crippen molar-refractivity contribution < 1.29 is 24.2 Å². The fourth-order valence-electron chi connectivity index (χ4n) is 5.05. The number of hydrogen-bond acceptors (Lipinski definition) is 5. The van der Waals surface area contributed by atoms with Crippen molar-refractivity contribution in [1.29, 1.82) is 0 Å². The van der Waals surface area contributed by atoms with Crippen LogP contribution in [0.5, 0.6) is 0 Å². The molecule has 0 bridgehead atoms. The number of hydrogen-bond donors (Lipinski definition) is 3. The first-order valence-corrected chi connectivity index (χ1v) is 13.3. The first-order valence-electron chi connectivity index (χ1n) is 12.1. The Morgan fingerprint density at radius 3 is 2.23 bits per heavy atom. The van der Waals surface area contributed by atoms with Crippen LogP contribution in [0.15, 0.2) is 48.5 Å². The Morgan fingerprint density at radius 2 is 1.66 bits per heavy atom. The molecule has 1 saturated heterocycles. The van der Waals surface area contributed by atoms with Crippen molar-refractivity contribution >= 4 is 29.7 Å². The van der Waals surface area contributed by atoms with Gasteiger partial charge in [0.05, 0.1) is 12.0 Å². The minimum Gasteiger partial charge on any atom is -0.481 e. The summed E-state index contributed by atoms with van der Waals surface area (Å²) in [5.41, 5.74) is 3.93. The van der Waals surface area contributed by atoms with Crippen molar-refractivity contribution in [2.75, 3.05) is 18.1 Å². The predicted octanol–water partition coefficient (Wildman–Crippen LogP) is 4.55. The largest absolute Gasteiger partial charge is 0.481 e. The zero-order valence-electron chi connectivity index (χ0n) is 19.9. The molecular formula is C27H32N2O5S. The molecule has 2 aliphatic rings. The van der Waals surface area contributed by atoms with Crippen LogP contribution >= 0.6 is 11.8 Å². The van der Waals surface area contributed by atoms with E-state index in [1.165, 1.54) is 11.1 Å². The third-order valence-corrected chi connectivity index (χ3v) is 7.92. The highest BCUT2D eigenvalue weighted by atomic mass is 32.2. The van der Waals surface area contributed by atoms with Gasteiger partial charge in [-0.25, -0.2) is 4.79 Å². The lowest BCUT2D eigenvalue weighted by molar-refractivity contribution is -0.137. The van der Waals surface area contributed by atoms with Crippen LogP contribution in [0.4, 0.5) is 4.79 Å². The lowest BCUT2D eigenvalue weighted by Gasteiger charge is -2.37. The fraction of sp³-hybridized carbons (Fsp3) is 0.444. The molecule has 2 aromatic carbocycles. The Labute approximate surface area is 210 Å². The van der Waals surface area contributed by atoms with Crippen molar-refractivity contribution in [2.45, 2.75) is 56.5 Å².